The lowest BCUT2D eigenvalue weighted by Crippen LogP contribution is -2.10. The summed E-state index contributed by atoms with van der Waals surface area (Å²) < 4.78 is 0. The van der Waals surface area contributed by atoms with Gasteiger partial charge in [0.25, 0.3) is 0 Å². The van der Waals surface area contributed by atoms with Gasteiger partial charge in [0.15, 0.2) is 0 Å². The number of hydrogen-bond acceptors (Lipinski definition) is 5. The Morgan fingerprint density at radius 3 is 2.31 bits per heavy atom. The summed E-state index contributed by atoms with van der Waals surface area (Å²) in [6.45, 7) is 8.69. The first-order valence-corrected chi connectivity index (χ1v) is 9.49. The molecule has 3 heterocycles. The van der Waals surface area contributed by atoms with Gasteiger partial charge in [-0.15, -0.1) is 0 Å². The van der Waals surface area contributed by atoms with Crippen LogP contribution >= 0.6 is 0 Å². The van der Waals surface area contributed by atoms with Crippen molar-refractivity contribution in [2.24, 2.45) is 0 Å². The lowest BCUT2D eigenvalue weighted by atomic mass is 9.87. The number of pyridine rings is 1. The van der Waals surface area contributed by atoms with E-state index in [1.54, 1.807) is 0 Å². The molecule has 1 aromatic carbocycles. The second kappa shape index (κ2) is 8.01. The van der Waals surface area contributed by atoms with E-state index >= 15 is 0 Å². The highest BCUT2D eigenvalue weighted by atomic mass is 15.1. The molecule has 0 bridgehead atoms. The van der Waals surface area contributed by atoms with Crippen molar-refractivity contribution < 1.29 is 0 Å². The van der Waals surface area contributed by atoms with Gasteiger partial charge in [0.1, 0.15) is 5.65 Å². The van der Waals surface area contributed by atoms with E-state index in [0.29, 0.717) is 5.95 Å². The van der Waals surface area contributed by atoms with Gasteiger partial charge in [-0.3, -0.25) is 0 Å². The Balaban J connectivity index is 0.00000240. The smallest absolute Gasteiger partial charge is 0.227 e. The summed E-state index contributed by atoms with van der Waals surface area (Å²) in [6.07, 6.45) is 8.41. The number of benzene rings is 1. The van der Waals surface area contributed by atoms with E-state index in [9.17, 15) is 0 Å². The van der Waals surface area contributed by atoms with Gasteiger partial charge in [-0.05, 0) is 52.8 Å². The van der Waals surface area contributed by atoms with Crippen LogP contribution in [0.15, 0.2) is 55.1 Å². The van der Waals surface area contributed by atoms with E-state index in [-0.39, 0.29) is 11.6 Å². The van der Waals surface area contributed by atoms with Crippen molar-refractivity contribution >= 4 is 22.7 Å². The van der Waals surface area contributed by atoms with Gasteiger partial charge in [0.2, 0.25) is 5.95 Å². The fourth-order valence-electron chi connectivity index (χ4n) is 3.22. The van der Waals surface area contributed by atoms with Crippen LogP contribution in [0.5, 0.6) is 0 Å². The Kier molecular flexibility index (Phi) is 5.66. The molecule has 6 nitrogen and oxygen atoms in total. The molecule has 0 saturated heterocycles. The van der Waals surface area contributed by atoms with Gasteiger partial charge in [-0.2, -0.15) is 0 Å². The van der Waals surface area contributed by atoms with E-state index in [0.717, 1.165) is 34.3 Å². The van der Waals surface area contributed by atoms with Crippen LogP contribution in [0.2, 0.25) is 0 Å². The fourth-order valence-corrected chi connectivity index (χ4v) is 3.22. The predicted molar refractivity (Wildman–Crippen MR) is 119 cm³/mol. The number of nitrogens with one attached hydrogen (secondary N) is 2. The quantitative estimate of drug-likeness (QED) is 0.431. The Labute approximate surface area is 171 Å². The Hall–Kier alpha value is -3.25. The molecule has 0 fully saturated rings. The summed E-state index contributed by atoms with van der Waals surface area (Å²) in [5, 5.41) is 4.42. The van der Waals surface area contributed by atoms with Gasteiger partial charge < -0.3 is 16.5 Å². The van der Waals surface area contributed by atoms with Crippen LogP contribution < -0.4 is 11.5 Å². The molecule has 0 aliphatic carbocycles. The van der Waals surface area contributed by atoms with Crippen LogP contribution in [-0.2, 0) is 11.8 Å². The molecule has 0 atom stereocenters. The third kappa shape index (κ3) is 4.60. The van der Waals surface area contributed by atoms with Gasteiger partial charge in [0, 0.05) is 42.3 Å². The van der Waals surface area contributed by atoms with Crippen molar-refractivity contribution in [3.05, 3.63) is 77.4 Å². The normalized spacial score (nSPS) is 11.3. The molecule has 29 heavy (non-hydrogen) atoms. The van der Waals surface area contributed by atoms with Crippen LogP contribution in [0.4, 0.5) is 11.6 Å². The fraction of sp³-hybridized carbons (Fsp3) is 0.261. The zero-order valence-electron chi connectivity index (χ0n) is 17.5. The first kappa shape index (κ1) is 20.5. The van der Waals surface area contributed by atoms with Crippen LogP contribution in [0.3, 0.4) is 0 Å². The van der Waals surface area contributed by atoms with Crippen LogP contribution in [0.1, 0.15) is 43.0 Å². The first-order chi connectivity index (χ1) is 13.4. The second-order valence-electron chi connectivity index (χ2n) is 8.27. The standard InChI is InChI=1S/C23H25N5.H3N/c1-15-9-20-17(14-25-21(20)24-11-15)10-16-12-26-22(27-13-16)28-19-7-5-18(6-8-19)23(2,3)4;/h5-9,11-14H,10H2,1-4H3,(H,24,25)(H,26,27,28);1H3. The Morgan fingerprint density at radius 2 is 1.66 bits per heavy atom. The minimum Gasteiger partial charge on any atom is -0.346 e. The number of anilines is 2. The molecule has 3 aromatic heterocycles. The van der Waals surface area contributed by atoms with Crippen molar-refractivity contribution in [2.75, 3.05) is 5.32 Å². The molecule has 4 aromatic rings. The molecule has 150 valence electrons. The summed E-state index contributed by atoms with van der Waals surface area (Å²) in [6, 6.07) is 10.6. The number of H-pyrrole nitrogens is 1. The van der Waals surface area contributed by atoms with Crippen LogP contribution in [-0.4, -0.2) is 19.9 Å². The van der Waals surface area contributed by atoms with Crippen LogP contribution in [0, 0.1) is 6.92 Å². The minimum atomic E-state index is 0. The molecule has 5 N–H and O–H groups in total. The van der Waals surface area contributed by atoms with Gasteiger partial charge >= 0.3 is 0 Å². The lowest BCUT2D eigenvalue weighted by Gasteiger charge is -2.19. The van der Waals surface area contributed by atoms with E-state index in [2.05, 4.69) is 83.3 Å². The Morgan fingerprint density at radius 1 is 0.966 bits per heavy atom. The average molecular weight is 389 g/mol. The summed E-state index contributed by atoms with van der Waals surface area (Å²) in [5.41, 5.74) is 6.77. The molecule has 0 radical (unpaired) electrons. The largest absolute Gasteiger partial charge is 0.346 e. The van der Waals surface area contributed by atoms with Crippen molar-refractivity contribution in [3.8, 4) is 0 Å². The maximum Gasteiger partial charge on any atom is 0.227 e. The third-order valence-corrected chi connectivity index (χ3v) is 4.86. The first-order valence-electron chi connectivity index (χ1n) is 9.49. The van der Waals surface area contributed by atoms with Crippen molar-refractivity contribution in [1.29, 1.82) is 0 Å². The van der Waals surface area contributed by atoms with Crippen molar-refractivity contribution in [3.63, 3.8) is 0 Å². The zero-order valence-corrected chi connectivity index (χ0v) is 17.5. The molecule has 0 amide bonds. The van der Waals surface area contributed by atoms with Gasteiger partial charge in [-0.25, -0.2) is 15.0 Å². The van der Waals surface area contributed by atoms with Crippen molar-refractivity contribution in [1.82, 2.24) is 26.1 Å². The number of hydrogen-bond donors (Lipinski definition) is 3. The third-order valence-electron chi connectivity index (χ3n) is 4.86. The van der Waals surface area contributed by atoms with Gasteiger partial charge in [0.05, 0.1) is 0 Å². The predicted octanol–water partition coefficient (Wildman–Crippen LogP) is 5.46. The molecular formula is C23H28N6. The molecule has 0 aliphatic rings. The molecule has 0 unspecified atom stereocenters. The zero-order chi connectivity index (χ0) is 19.7. The second-order valence-corrected chi connectivity index (χ2v) is 8.27. The number of aryl methyl sites for hydroxylation is 1. The number of rotatable bonds is 4. The summed E-state index contributed by atoms with van der Waals surface area (Å²) in [7, 11) is 0. The van der Waals surface area contributed by atoms with Crippen molar-refractivity contribution in [2.45, 2.75) is 39.5 Å². The maximum absolute atomic E-state index is 4.48. The molecule has 0 aliphatic heterocycles. The summed E-state index contributed by atoms with van der Waals surface area (Å²) >= 11 is 0. The summed E-state index contributed by atoms with van der Waals surface area (Å²) in [5.74, 6) is 0.601. The van der Waals surface area contributed by atoms with E-state index in [4.69, 9.17) is 0 Å². The number of aromatic amines is 1. The molecular weight excluding hydrogens is 360 g/mol. The maximum atomic E-state index is 4.48. The molecule has 0 spiro atoms. The summed E-state index contributed by atoms with van der Waals surface area (Å²) in [4.78, 5) is 16.6. The lowest BCUT2D eigenvalue weighted by molar-refractivity contribution is 0.590. The average Bonchev–Trinajstić information content (AvgIpc) is 3.05. The van der Waals surface area contributed by atoms with Gasteiger partial charge in [-0.1, -0.05) is 32.9 Å². The van der Waals surface area contributed by atoms with Crippen LogP contribution in [0.25, 0.3) is 11.0 Å². The van der Waals surface area contributed by atoms with E-state index in [1.807, 2.05) is 24.8 Å². The minimum absolute atomic E-state index is 0. The monoisotopic (exact) mass is 388 g/mol. The topological polar surface area (TPSA) is 101 Å². The van der Waals surface area contributed by atoms with E-state index in [1.165, 1.54) is 11.1 Å². The number of aromatic nitrogens is 4. The highest BCUT2D eigenvalue weighted by molar-refractivity contribution is 5.80. The highest BCUT2D eigenvalue weighted by Gasteiger charge is 2.13. The number of nitrogens with zero attached hydrogens (tertiary/aromatic N) is 3. The number of fused-ring (bicyclic) bond motifs is 1. The Bertz CT molecular complexity index is 1090. The van der Waals surface area contributed by atoms with E-state index < -0.39 is 0 Å². The SMILES string of the molecule is Cc1cnc2[nH]cc(Cc3cnc(Nc4ccc(C(C)(C)C)cc4)nc3)c2c1.N. The molecule has 6 heteroatoms. The molecule has 4 rings (SSSR count). The highest BCUT2D eigenvalue weighted by Crippen LogP contribution is 2.24. The molecule has 0 saturated carbocycles.